The molecular formula is C23H23N3O5. The molecule has 31 heavy (non-hydrogen) atoms. The van der Waals surface area contributed by atoms with Crippen LogP contribution in [0.3, 0.4) is 0 Å². The number of phenolic OH excluding ortho intramolecular Hbond substituents is 1. The lowest BCUT2D eigenvalue weighted by Gasteiger charge is -2.32. The zero-order valence-corrected chi connectivity index (χ0v) is 17.6. The predicted molar refractivity (Wildman–Crippen MR) is 114 cm³/mol. The van der Waals surface area contributed by atoms with Crippen molar-refractivity contribution in [2.45, 2.75) is 32.0 Å². The highest BCUT2D eigenvalue weighted by Gasteiger charge is 2.44. The number of pyridine rings is 2. The van der Waals surface area contributed by atoms with E-state index in [0.29, 0.717) is 30.0 Å². The summed E-state index contributed by atoms with van der Waals surface area (Å²) in [5.74, 6) is -0.234. The van der Waals surface area contributed by atoms with Crippen LogP contribution in [0.15, 0.2) is 29.1 Å². The molecule has 8 heteroatoms. The van der Waals surface area contributed by atoms with Gasteiger partial charge >= 0.3 is 0 Å². The predicted octanol–water partition coefficient (Wildman–Crippen LogP) is 1.75. The highest BCUT2D eigenvalue weighted by molar-refractivity contribution is 5.93. The molecule has 0 amide bonds. The van der Waals surface area contributed by atoms with Gasteiger partial charge in [-0.1, -0.05) is 6.92 Å². The van der Waals surface area contributed by atoms with Gasteiger partial charge in [0, 0.05) is 28.6 Å². The molecule has 2 aromatic heterocycles. The maximum Gasteiger partial charge on any atom is 0.294 e. The van der Waals surface area contributed by atoms with Crippen molar-refractivity contribution in [1.29, 1.82) is 0 Å². The molecule has 8 nitrogen and oxygen atoms in total. The molecule has 0 aliphatic carbocycles. The minimum Gasteiger partial charge on any atom is -0.508 e. The third-order valence-electron chi connectivity index (χ3n) is 6.23. The molecule has 2 aliphatic heterocycles. The molecule has 5 rings (SSSR count). The van der Waals surface area contributed by atoms with Crippen LogP contribution in [0.1, 0.15) is 30.0 Å². The van der Waals surface area contributed by atoms with Crippen LogP contribution in [0.5, 0.6) is 11.5 Å². The number of hydrogen-bond donors (Lipinski definition) is 2. The number of carbonyl (C=O) groups excluding carboxylic acids is 1. The summed E-state index contributed by atoms with van der Waals surface area (Å²) in [5.41, 5.74) is 1.57. The maximum absolute atomic E-state index is 13.2. The SMILES string of the molecule is CC[C@@]1(O)C(=O)COc2c1cc1n(c2=O)Cc2cc3c(CN(C)C)c(O)ccc3nc2-1. The van der Waals surface area contributed by atoms with Crippen molar-refractivity contribution < 1.29 is 19.7 Å². The Morgan fingerprint density at radius 1 is 1.26 bits per heavy atom. The lowest BCUT2D eigenvalue weighted by molar-refractivity contribution is -0.143. The quantitative estimate of drug-likeness (QED) is 0.519. The summed E-state index contributed by atoms with van der Waals surface area (Å²) in [4.78, 5) is 32.3. The van der Waals surface area contributed by atoms with Gasteiger partial charge in [-0.15, -0.1) is 0 Å². The van der Waals surface area contributed by atoms with Crippen LogP contribution < -0.4 is 10.3 Å². The Bertz CT molecular complexity index is 1330. The number of aromatic hydroxyl groups is 1. The van der Waals surface area contributed by atoms with E-state index in [4.69, 9.17) is 9.72 Å². The van der Waals surface area contributed by atoms with Gasteiger partial charge in [-0.05, 0) is 44.8 Å². The minimum absolute atomic E-state index is 0.0241. The van der Waals surface area contributed by atoms with E-state index in [9.17, 15) is 19.8 Å². The van der Waals surface area contributed by atoms with Crippen molar-refractivity contribution in [3.05, 3.63) is 51.3 Å². The Labute approximate surface area is 178 Å². The largest absolute Gasteiger partial charge is 0.508 e. The van der Waals surface area contributed by atoms with Crippen molar-refractivity contribution in [1.82, 2.24) is 14.5 Å². The third-order valence-corrected chi connectivity index (χ3v) is 6.23. The highest BCUT2D eigenvalue weighted by atomic mass is 16.5. The van der Waals surface area contributed by atoms with Crippen molar-refractivity contribution in [2.75, 3.05) is 20.7 Å². The van der Waals surface area contributed by atoms with Gasteiger partial charge in [0.15, 0.2) is 18.0 Å². The Balaban J connectivity index is 1.75. The molecule has 0 spiro atoms. The van der Waals surface area contributed by atoms with Crippen LogP contribution in [-0.4, -0.2) is 51.1 Å². The van der Waals surface area contributed by atoms with Crippen LogP contribution in [0, 0.1) is 0 Å². The molecule has 3 aromatic rings. The number of hydrogen-bond acceptors (Lipinski definition) is 7. The van der Waals surface area contributed by atoms with E-state index >= 15 is 0 Å². The van der Waals surface area contributed by atoms with E-state index in [-0.39, 0.29) is 35.6 Å². The second-order valence-electron chi connectivity index (χ2n) is 8.45. The average Bonchev–Trinajstić information content (AvgIpc) is 3.10. The summed E-state index contributed by atoms with van der Waals surface area (Å²) in [6, 6.07) is 6.98. The number of rotatable bonds is 3. The van der Waals surface area contributed by atoms with Gasteiger partial charge in [-0.2, -0.15) is 0 Å². The van der Waals surface area contributed by atoms with Crippen LogP contribution in [-0.2, 0) is 23.5 Å². The molecule has 0 saturated heterocycles. The monoisotopic (exact) mass is 421 g/mol. The molecule has 2 N–H and O–H groups in total. The zero-order valence-electron chi connectivity index (χ0n) is 17.6. The van der Waals surface area contributed by atoms with Gasteiger partial charge in [0.1, 0.15) is 5.75 Å². The summed E-state index contributed by atoms with van der Waals surface area (Å²) in [5, 5.41) is 22.2. The Morgan fingerprint density at radius 2 is 2.03 bits per heavy atom. The standard InChI is InChI=1S/C23H23N3O5/c1-4-23(30)15-8-17-20-12(9-26(17)22(29)21(15)31-11-19(23)28)7-13-14(10-25(2)3)18(27)6-5-16(13)24-20/h5-8,27,30H,4,9-11H2,1-3H3/t23-/m0/s1. The van der Waals surface area contributed by atoms with Crippen LogP contribution in [0.4, 0.5) is 0 Å². The van der Waals surface area contributed by atoms with Crippen LogP contribution >= 0.6 is 0 Å². The van der Waals surface area contributed by atoms with Gasteiger partial charge in [0.2, 0.25) is 5.78 Å². The van der Waals surface area contributed by atoms with E-state index in [1.807, 2.05) is 25.1 Å². The number of aromatic nitrogens is 2. The fourth-order valence-corrected chi connectivity index (χ4v) is 4.55. The molecule has 2 aliphatic rings. The van der Waals surface area contributed by atoms with E-state index < -0.39 is 11.4 Å². The highest BCUT2D eigenvalue weighted by Crippen LogP contribution is 2.41. The van der Waals surface area contributed by atoms with Crippen LogP contribution in [0.25, 0.3) is 22.3 Å². The van der Waals surface area contributed by atoms with Crippen molar-refractivity contribution >= 4 is 16.7 Å². The van der Waals surface area contributed by atoms with Gasteiger partial charge < -0.3 is 19.8 Å². The summed E-state index contributed by atoms with van der Waals surface area (Å²) in [6.45, 7) is 2.23. The molecule has 1 atom stereocenters. The second-order valence-corrected chi connectivity index (χ2v) is 8.45. The van der Waals surface area contributed by atoms with Gasteiger partial charge in [0.05, 0.1) is 23.4 Å². The first-order valence-corrected chi connectivity index (χ1v) is 10.2. The molecule has 1 aromatic carbocycles. The van der Waals surface area contributed by atoms with Gasteiger partial charge in [0.25, 0.3) is 5.56 Å². The lowest BCUT2D eigenvalue weighted by atomic mass is 9.85. The van der Waals surface area contributed by atoms with Crippen LogP contribution in [0.2, 0.25) is 0 Å². The number of carbonyl (C=O) groups is 1. The van der Waals surface area contributed by atoms with Crippen molar-refractivity contribution in [2.24, 2.45) is 0 Å². The molecule has 0 unspecified atom stereocenters. The fourth-order valence-electron chi connectivity index (χ4n) is 4.55. The summed E-state index contributed by atoms with van der Waals surface area (Å²) in [7, 11) is 3.85. The molecule has 0 saturated carbocycles. The smallest absolute Gasteiger partial charge is 0.294 e. The van der Waals surface area contributed by atoms with Crippen molar-refractivity contribution in [3.63, 3.8) is 0 Å². The minimum atomic E-state index is -1.74. The average molecular weight is 421 g/mol. The number of fused-ring (bicyclic) bond motifs is 5. The van der Waals surface area contributed by atoms with E-state index in [0.717, 1.165) is 16.5 Å². The maximum atomic E-state index is 13.2. The first-order valence-electron chi connectivity index (χ1n) is 10.2. The lowest BCUT2D eigenvalue weighted by Crippen LogP contribution is -2.45. The van der Waals surface area contributed by atoms with Gasteiger partial charge in [-0.3, -0.25) is 14.2 Å². The molecule has 4 heterocycles. The van der Waals surface area contributed by atoms with Crippen molar-refractivity contribution in [3.8, 4) is 22.9 Å². The van der Waals surface area contributed by atoms with E-state index in [1.54, 1.807) is 29.7 Å². The Hall–Kier alpha value is -3.23. The zero-order chi connectivity index (χ0) is 22.1. The molecule has 160 valence electrons. The summed E-state index contributed by atoms with van der Waals surface area (Å²) < 4.78 is 7.00. The van der Waals surface area contributed by atoms with E-state index in [2.05, 4.69) is 0 Å². The Morgan fingerprint density at radius 3 is 2.74 bits per heavy atom. The van der Waals surface area contributed by atoms with E-state index in [1.165, 1.54) is 0 Å². The number of nitrogens with zero attached hydrogens (tertiary/aromatic N) is 3. The first kappa shape index (κ1) is 19.7. The number of phenols is 1. The fraction of sp³-hybridized carbons (Fsp3) is 0.348. The molecular weight excluding hydrogens is 398 g/mol. The molecule has 0 fully saturated rings. The second kappa shape index (κ2) is 6.63. The number of ketones is 1. The number of benzene rings is 1. The number of ether oxygens (including phenoxy) is 1. The first-order chi connectivity index (χ1) is 14.7. The third kappa shape index (κ3) is 2.72. The summed E-state index contributed by atoms with van der Waals surface area (Å²) >= 11 is 0. The number of aliphatic hydroxyl groups is 1. The number of Topliss-reactive ketones (excluding diaryl/α,β-unsaturated/α-hetero) is 1. The van der Waals surface area contributed by atoms with Gasteiger partial charge in [-0.25, -0.2) is 4.98 Å². The summed E-state index contributed by atoms with van der Waals surface area (Å²) in [6.07, 6.45) is 0.149. The normalized spacial score (nSPS) is 19.3. The Kier molecular flexibility index (Phi) is 4.22. The molecule has 0 radical (unpaired) electrons. The molecule has 0 bridgehead atoms. The topological polar surface area (TPSA) is 105 Å².